The summed E-state index contributed by atoms with van der Waals surface area (Å²) < 4.78 is 0.952. The van der Waals surface area contributed by atoms with E-state index in [0.717, 1.165) is 27.2 Å². The smallest absolute Gasteiger partial charge is 0.144 e. The van der Waals surface area contributed by atoms with Crippen molar-refractivity contribution >= 4 is 27.4 Å². The van der Waals surface area contributed by atoms with Crippen LogP contribution < -0.4 is 5.32 Å². The molecule has 82 valence electrons. The Hall–Kier alpha value is -1.42. The van der Waals surface area contributed by atoms with Crippen LogP contribution in [-0.4, -0.2) is 9.97 Å². The number of rotatable bonds is 2. The maximum atomic E-state index is 4.31. The summed E-state index contributed by atoms with van der Waals surface area (Å²) in [5.41, 5.74) is 3.06. The van der Waals surface area contributed by atoms with E-state index in [-0.39, 0.29) is 0 Å². The van der Waals surface area contributed by atoms with E-state index in [1.807, 2.05) is 38.2 Å². The highest BCUT2D eigenvalue weighted by molar-refractivity contribution is 9.10. The first-order valence-corrected chi connectivity index (χ1v) is 5.76. The second kappa shape index (κ2) is 4.61. The molecule has 0 bridgehead atoms. The summed E-state index contributed by atoms with van der Waals surface area (Å²) in [7, 11) is 0. The van der Waals surface area contributed by atoms with Crippen LogP contribution in [-0.2, 0) is 0 Å². The summed E-state index contributed by atoms with van der Waals surface area (Å²) in [4.78, 5) is 8.53. The number of hydrogen-bond acceptors (Lipinski definition) is 3. The third-order valence-corrected chi connectivity index (χ3v) is 2.76. The van der Waals surface area contributed by atoms with Gasteiger partial charge in [-0.3, -0.25) is 4.98 Å². The van der Waals surface area contributed by atoms with Gasteiger partial charge in [0.25, 0.3) is 0 Å². The number of pyridine rings is 2. The quantitative estimate of drug-likeness (QED) is 0.912. The molecule has 0 saturated carbocycles. The largest absolute Gasteiger partial charge is 0.338 e. The minimum atomic E-state index is 0.802. The Morgan fingerprint density at radius 3 is 2.56 bits per heavy atom. The third-order valence-electron chi connectivity index (χ3n) is 2.15. The van der Waals surface area contributed by atoms with Crippen molar-refractivity contribution in [1.29, 1.82) is 0 Å². The van der Waals surface area contributed by atoms with Crippen molar-refractivity contribution in [1.82, 2.24) is 9.97 Å². The fourth-order valence-corrected chi connectivity index (χ4v) is 1.87. The van der Waals surface area contributed by atoms with Gasteiger partial charge < -0.3 is 5.32 Å². The first kappa shape index (κ1) is 11.1. The molecule has 0 aromatic carbocycles. The normalized spacial score (nSPS) is 10.2. The van der Waals surface area contributed by atoms with Gasteiger partial charge in [-0.05, 0) is 53.5 Å². The summed E-state index contributed by atoms with van der Waals surface area (Å²) >= 11 is 3.47. The lowest BCUT2D eigenvalue weighted by Crippen LogP contribution is -1.96. The molecule has 3 nitrogen and oxygen atoms in total. The topological polar surface area (TPSA) is 37.8 Å². The van der Waals surface area contributed by atoms with E-state index < -0.39 is 0 Å². The van der Waals surface area contributed by atoms with Crippen LogP contribution in [0.25, 0.3) is 0 Å². The lowest BCUT2D eigenvalue weighted by Gasteiger charge is -2.07. The van der Waals surface area contributed by atoms with Crippen molar-refractivity contribution in [2.24, 2.45) is 0 Å². The van der Waals surface area contributed by atoms with Gasteiger partial charge in [0.05, 0.1) is 16.4 Å². The number of anilines is 2. The van der Waals surface area contributed by atoms with Gasteiger partial charge in [-0.15, -0.1) is 0 Å². The van der Waals surface area contributed by atoms with Crippen LogP contribution >= 0.6 is 15.9 Å². The van der Waals surface area contributed by atoms with E-state index in [1.165, 1.54) is 0 Å². The molecule has 2 rings (SSSR count). The van der Waals surface area contributed by atoms with Gasteiger partial charge in [0.2, 0.25) is 0 Å². The zero-order chi connectivity index (χ0) is 11.5. The van der Waals surface area contributed by atoms with Gasteiger partial charge in [0, 0.05) is 11.9 Å². The van der Waals surface area contributed by atoms with Gasteiger partial charge in [-0.1, -0.05) is 0 Å². The molecule has 2 heterocycles. The molecule has 0 aliphatic rings. The van der Waals surface area contributed by atoms with Crippen LogP contribution in [0.5, 0.6) is 0 Å². The summed E-state index contributed by atoms with van der Waals surface area (Å²) in [5.74, 6) is 0.802. The SMILES string of the molecule is Cc1cnc(Nc2ccc(C)nc2)c(Br)c1. The van der Waals surface area contributed by atoms with Crippen molar-refractivity contribution in [3.8, 4) is 0 Å². The Bertz CT molecular complexity index is 494. The maximum Gasteiger partial charge on any atom is 0.144 e. The predicted molar refractivity (Wildman–Crippen MR) is 68.9 cm³/mol. The molecule has 0 saturated heterocycles. The van der Waals surface area contributed by atoms with Gasteiger partial charge in [-0.25, -0.2) is 4.98 Å². The van der Waals surface area contributed by atoms with E-state index in [2.05, 4.69) is 31.2 Å². The molecule has 0 atom stereocenters. The van der Waals surface area contributed by atoms with Crippen LogP contribution in [0.15, 0.2) is 35.1 Å². The lowest BCUT2D eigenvalue weighted by atomic mass is 10.3. The van der Waals surface area contributed by atoms with Crippen molar-refractivity contribution in [3.63, 3.8) is 0 Å². The number of nitrogens with zero attached hydrogens (tertiary/aromatic N) is 2. The minimum absolute atomic E-state index is 0.802. The zero-order valence-corrected chi connectivity index (χ0v) is 10.7. The molecule has 0 aliphatic heterocycles. The molecular weight excluding hydrogens is 266 g/mol. The number of halogens is 1. The van der Waals surface area contributed by atoms with Gasteiger partial charge in [0.1, 0.15) is 5.82 Å². The highest BCUT2D eigenvalue weighted by atomic mass is 79.9. The number of aromatic nitrogens is 2. The average Bonchev–Trinajstić information content (AvgIpc) is 2.25. The molecule has 0 spiro atoms. The molecule has 1 N–H and O–H groups in total. The van der Waals surface area contributed by atoms with Crippen molar-refractivity contribution in [3.05, 3.63) is 46.3 Å². The summed E-state index contributed by atoms with van der Waals surface area (Å²) in [5, 5.41) is 3.21. The van der Waals surface area contributed by atoms with Crippen molar-refractivity contribution < 1.29 is 0 Å². The Kier molecular flexibility index (Phi) is 3.19. The van der Waals surface area contributed by atoms with Crippen LogP contribution in [0.3, 0.4) is 0 Å². The molecule has 0 aliphatic carbocycles. The summed E-state index contributed by atoms with van der Waals surface area (Å²) in [6.07, 6.45) is 3.62. The minimum Gasteiger partial charge on any atom is -0.338 e. The maximum absolute atomic E-state index is 4.31. The van der Waals surface area contributed by atoms with Gasteiger partial charge in [-0.2, -0.15) is 0 Å². The molecule has 0 fully saturated rings. The second-order valence-electron chi connectivity index (χ2n) is 3.66. The number of hydrogen-bond donors (Lipinski definition) is 1. The standard InChI is InChI=1S/C12H12BrN3/c1-8-5-11(13)12(15-6-8)16-10-4-3-9(2)14-7-10/h3-7H,1-2H3,(H,15,16). The van der Waals surface area contributed by atoms with Crippen molar-refractivity contribution in [2.75, 3.05) is 5.32 Å². The highest BCUT2D eigenvalue weighted by Crippen LogP contribution is 2.23. The van der Waals surface area contributed by atoms with E-state index in [1.54, 1.807) is 6.20 Å². The fourth-order valence-electron chi connectivity index (χ4n) is 1.30. The van der Waals surface area contributed by atoms with E-state index in [4.69, 9.17) is 0 Å². The molecule has 0 amide bonds. The first-order chi connectivity index (χ1) is 7.65. The Morgan fingerprint density at radius 2 is 1.94 bits per heavy atom. The molecule has 2 aromatic rings. The summed E-state index contributed by atoms with van der Waals surface area (Å²) in [6, 6.07) is 5.97. The zero-order valence-electron chi connectivity index (χ0n) is 9.16. The molecule has 16 heavy (non-hydrogen) atoms. The Morgan fingerprint density at radius 1 is 1.12 bits per heavy atom. The van der Waals surface area contributed by atoms with Crippen LogP contribution in [0.4, 0.5) is 11.5 Å². The molecule has 0 radical (unpaired) electrons. The molecule has 4 heteroatoms. The van der Waals surface area contributed by atoms with E-state index in [0.29, 0.717) is 0 Å². The van der Waals surface area contributed by atoms with Crippen LogP contribution in [0.1, 0.15) is 11.3 Å². The van der Waals surface area contributed by atoms with E-state index in [9.17, 15) is 0 Å². The number of aryl methyl sites for hydroxylation is 2. The third kappa shape index (κ3) is 2.58. The van der Waals surface area contributed by atoms with Gasteiger partial charge >= 0.3 is 0 Å². The predicted octanol–water partition coefficient (Wildman–Crippen LogP) is 3.60. The van der Waals surface area contributed by atoms with Gasteiger partial charge in [0.15, 0.2) is 0 Å². The molecule has 2 aromatic heterocycles. The Labute approximate surface area is 103 Å². The molecule has 0 unspecified atom stereocenters. The monoisotopic (exact) mass is 277 g/mol. The van der Waals surface area contributed by atoms with Crippen LogP contribution in [0.2, 0.25) is 0 Å². The van der Waals surface area contributed by atoms with Crippen molar-refractivity contribution in [2.45, 2.75) is 13.8 Å². The fraction of sp³-hybridized carbons (Fsp3) is 0.167. The lowest BCUT2D eigenvalue weighted by molar-refractivity contribution is 1.19. The van der Waals surface area contributed by atoms with E-state index >= 15 is 0 Å². The summed E-state index contributed by atoms with van der Waals surface area (Å²) in [6.45, 7) is 3.97. The van der Waals surface area contributed by atoms with Crippen LogP contribution in [0, 0.1) is 13.8 Å². The Balaban J connectivity index is 2.23. The first-order valence-electron chi connectivity index (χ1n) is 4.97. The number of nitrogens with one attached hydrogen (secondary N) is 1. The molecular formula is C12H12BrN3. The second-order valence-corrected chi connectivity index (χ2v) is 4.51. The average molecular weight is 278 g/mol. The highest BCUT2D eigenvalue weighted by Gasteiger charge is 2.02.